The van der Waals surface area contributed by atoms with Gasteiger partial charge in [-0.25, -0.2) is 0 Å². The minimum atomic E-state index is -4.68. The van der Waals surface area contributed by atoms with Crippen LogP contribution in [0.15, 0.2) is 10.9 Å². The van der Waals surface area contributed by atoms with Gasteiger partial charge in [0.25, 0.3) is 5.56 Å². The highest BCUT2D eigenvalue weighted by Crippen LogP contribution is 2.33. The number of H-pyrrole nitrogens is 1. The number of aromatic nitrogens is 1. The number of carbonyl (C=O) groups is 2. The summed E-state index contributed by atoms with van der Waals surface area (Å²) in [4.78, 5) is 37.3. The van der Waals surface area contributed by atoms with E-state index in [1.165, 1.54) is 13.0 Å². The van der Waals surface area contributed by atoms with E-state index >= 15 is 0 Å². The molecule has 1 rings (SSSR count). The van der Waals surface area contributed by atoms with E-state index < -0.39 is 40.9 Å². The molecule has 0 saturated carbocycles. The van der Waals surface area contributed by atoms with Crippen LogP contribution in [0.5, 0.6) is 0 Å². The third-order valence-corrected chi connectivity index (χ3v) is 4.25. The summed E-state index contributed by atoms with van der Waals surface area (Å²) in [6.07, 6.45) is -5.60. The van der Waals surface area contributed by atoms with Gasteiger partial charge < -0.3 is 9.72 Å². The number of hydrogen-bond donors (Lipinski definition) is 1. The zero-order valence-corrected chi connectivity index (χ0v) is 13.6. The Morgan fingerprint density at radius 1 is 1.35 bits per heavy atom. The first-order valence-electron chi connectivity index (χ1n) is 6.55. The number of ketones is 1. The van der Waals surface area contributed by atoms with E-state index in [2.05, 4.69) is 9.72 Å². The van der Waals surface area contributed by atoms with Gasteiger partial charge in [0.05, 0.1) is 18.4 Å². The third-order valence-electron chi connectivity index (χ3n) is 3.01. The summed E-state index contributed by atoms with van der Waals surface area (Å²) < 4.78 is 43.3. The first kappa shape index (κ1) is 19.3. The molecule has 0 aromatic carbocycles. The molecule has 128 valence electrons. The number of rotatable bonds is 6. The fourth-order valence-electron chi connectivity index (χ4n) is 1.97. The summed E-state index contributed by atoms with van der Waals surface area (Å²) >= 11 is 0.266. The fourth-order valence-corrected chi connectivity index (χ4v) is 2.88. The molecular weight excluding hydrogens is 335 g/mol. The Labute approximate surface area is 134 Å². The van der Waals surface area contributed by atoms with Crippen LogP contribution in [-0.2, 0) is 9.53 Å². The maximum Gasteiger partial charge on any atom is 0.401 e. The van der Waals surface area contributed by atoms with Crippen molar-refractivity contribution in [2.75, 3.05) is 12.9 Å². The molecule has 9 heteroatoms. The van der Waals surface area contributed by atoms with Gasteiger partial charge in [-0.2, -0.15) is 13.2 Å². The number of thioether (sulfide) groups is 1. The van der Waals surface area contributed by atoms with Crippen LogP contribution in [0.2, 0.25) is 0 Å². The number of ether oxygens (including phenoxy) is 1. The molecule has 1 heterocycles. The Kier molecular flexibility index (Phi) is 6.43. The molecule has 0 radical (unpaired) electrons. The number of nitrogens with one attached hydrogen (secondary N) is 1. The van der Waals surface area contributed by atoms with Gasteiger partial charge in [0.1, 0.15) is 5.25 Å². The van der Waals surface area contributed by atoms with Crippen molar-refractivity contribution in [2.24, 2.45) is 0 Å². The second-order valence-electron chi connectivity index (χ2n) is 4.88. The van der Waals surface area contributed by atoms with E-state index in [4.69, 9.17) is 0 Å². The van der Waals surface area contributed by atoms with Gasteiger partial charge in [-0.15, -0.1) is 11.8 Å². The Morgan fingerprint density at radius 3 is 2.43 bits per heavy atom. The molecule has 0 unspecified atom stereocenters. The number of hydrogen-bond acceptors (Lipinski definition) is 5. The number of esters is 1. The highest BCUT2D eigenvalue weighted by molar-refractivity contribution is 8.00. The summed E-state index contributed by atoms with van der Waals surface area (Å²) in [7, 11) is 1.06. The molecule has 0 aliphatic heterocycles. The number of pyridine rings is 1. The lowest BCUT2D eigenvalue weighted by Crippen LogP contribution is -2.31. The second kappa shape index (κ2) is 7.67. The van der Waals surface area contributed by atoms with Crippen molar-refractivity contribution in [3.8, 4) is 0 Å². The second-order valence-corrected chi connectivity index (χ2v) is 6.08. The van der Waals surface area contributed by atoms with Crippen LogP contribution in [-0.4, -0.2) is 41.0 Å². The van der Waals surface area contributed by atoms with Crippen molar-refractivity contribution in [1.82, 2.24) is 4.98 Å². The molecule has 0 fully saturated rings. The van der Waals surface area contributed by atoms with Gasteiger partial charge in [0.15, 0.2) is 5.78 Å². The van der Waals surface area contributed by atoms with Crippen molar-refractivity contribution in [1.29, 1.82) is 0 Å². The third kappa shape index (κ3) is 5.42. The first-order chi connectivity index (χ1) is 10.6. The van der Waals surface area contributed by atoms with E-state index in [1.54, 1.807) is 6.92 Å². The van der Waals surface area contributed by atoms with Crippen molar-refractivity contribution in [2.45, 2.75) is 31.7 Å². The van der Waals surface area contributed by atoms with Gasteiger partial charge in [0, 0.05) is 12.1 Å². The van der Waals surface area contributed by atoms with Gasteiger partial charge in [-0.05, 0) is 25.5 Å². The zero-order valence-electron chi connectivity index (χ0n) is 12.7. The molecule has 1 aromatic heterocycles. The van der Waals surface area contributed by atoms with Crippen molar-refractivity contribution >= 4 is 23.5 Å². The Balaban J connectivity index is 2.98. The maximum absolute atomic E-state index is 13.0. The number of aryl methyl sites for hydroxylation is 2. The molecule has 0 bridgehead atoms. The molecule has 5 nitrogen and oxygen atoms in total. The van der Waals surface area contributed by atoms with Gasteiger partial charge in [-0.1, -0.05) is 0 Å². The first-order valence-corrected chi connectivity index (χ1v) is 7.60. The zero-order chi connectivity index (χ0) is 17.8. The minimum Gasteiger partial charge on any atom is -0.468 e. The molecule has 0 aliphatic carbocycles. The summed E-state index contributed by atoms with van der Waals surface area (Å²) in [6.45, 7) is 3.09. The number of carbonyl (C=O) groups excluding carboxylic acids is 2. The van der Waals surface area contributed by atoms with E-state index in [1.807, 2.05) is 0 Å². The van der Waals surface area contributed by atoms with Crippen LogP contribution in [0.25, 0.3) is 0 Å². The van der Waals surface area contributed by atoms with Crippen LogP contribution >= 0.6 is 11.8 Å². The number of methoxy groups -OCH3 is 1. The monoisotopic (exact) mass is 351 g/mol. The van der Waals surface area contributed by atoms with Gasteiger partial charge in [0.2, 0.25) is 0 Å². The molecule has 1 N–H and O–H groups in total. The predicted octanol–water partition coefficient (Wildman–Crippen LogP) is 2.40. The van der Waals surface area contributed by atoms with E-state index in [0.717, 1.165) is 7.11 Å². The fraction of sp³-hybridized carbons (Fsp3) is 0.500. The molecule has 0 saturated heterocycles. The van der Waals surface area contributed by atoms with Gasteiger partial charge >= 0.3 is 12.1 Å². The number of alkyl halides is 3. The molecular formula is C14H16F3NO4S. The Hall–Kier alpha value is -1.77. The standard InChI is InChI=1S/C14H16F3NO4S/c1-7-4-8(2)18-13(21)12(7)9(19)5-10(14(15,16)17)23-6-11(20)22-3/h4,10H,5-6H2,1-3H3,(H,18,21)/t10-/m0/s1. The highest BCUT2D eigenvalue weighted by atomic mass is 32.2. The lowest BCUT2D eigenvalue weighted by atomic mass is 10.0. The van der Waals surface area contributed by atoms with Crippen molar-refractivity contribution in [3.05, 3.63) is 33.2 Å². The lowest BCUT2D eigenvalue weighted by Gasteiger charge is -2.19. The van der Waals surface area contributed by atoms with Crippen LogP contribution in [0.3, 0.4) is 0 Å². The predicted molar refractivity (Wildman–Crippen MR) is 79.8 cm³/mol. The topological polar surface area (TPSA) is 76.2 Å². The van der Waals surface area contributed by atoms with E-state index in [9.17, 15) is 27.6 Å². The Morgan fingerprint density at radius 2 is 1.96 bits per heavy atom. The van der Waals surface area contributed by atoms with Crippen LogP contribution in [0.4, 0.5) is 13.2 Å². The molecule has 1 aromatic rings. The number of halogens is 3. The van der Waals surface area contributed by atoms with Crippen LogP contribution in [0.1, 0.15) is 28.0 Å². The SMILES string of the molecule is COC(=O)CS[C@@H](CC(=O)c1c(C)cc(C)[nH]c1=O)C(F)(F)F. The van der Waals surface area contributed by atoms with Crippen molar-refractivity contribution in [3.63, 3.8) is 0 Å². The summed E-state index contributed by atoms with van der Waals surface area (Å²) in [5, 5.41) is -2.09. The maximum atomic E-state index is 13.0. The number of aromatic amines is 1. The van der Waals surface area contributed by atoms with Crippen LogP contribution in [0, 0.1) is 13.8 Å². The van der Waals surface area contributed by atoms with E-state index in [-0.39, 0.29) is 17.3 Å². The molecule has 0 amide bonds. The quantitative estimate of drug-likeness (QED) is 0.629. The minimum absolute atomic E-state index is 0.266. The smallest absolute Gasteiger partial charge is 0.401 e. The van der Waals surface area contributed by atoms with Crippen molar-refractivity contribution < 1.29 is 27.5 Å². The van der Waals surface area contributed by atoms with Crippen LogP contribution < -0.4 is 5.56 Å². The average Bonchev–Trinajstić information content (AvgIpc) is 2.40. The number of Topliss-reactive ketones (excluding diaryl/α,β-unsaturated/α-hetero) is 1. The average molecular weight is 351 g/mol. The summed E-state index contributed by atoms with van der Waals surface area (Å²) in [5.74, 6) is -2.26. The molecule has 0 spiro atoms. The summed E-state index contributed by atoms with van der Waals surface area (Å²) in [5.41, 5.74) is -0.179. The Bertz CT molecular complexity index is 654. The largest absolute Gasteiger partial charge is 0.468 e. The normalized spacial score (nSPS) is 12.8. The van der Waals surface area contributed by atoms with E-state index in [0.29, 0.717) is 11.3 Å². The molecule has 23 heavy (non-hydrogen) atoms. The van der Waals surface area contributed by atoms with Gasteiger partial charge in [-0.3, -0.25) is 14.4 Å². The molecule has 0 aliphatic rings. The lowest BCUT2D eigenvalue weighted by molar-refractivity contribution is -0.137. The summed E-state index contributed by atoms with van der Waals surface area (Å²) in [6, 6.07) is 1.51. The molecule has 1 atom stereocenters. The highest BCUT2D eigenvalue weighted by Gasteiger charge is 2.42.